The number of carbonyl (C=O) groups is 3. The first-order valence-corrected chi connectivity index (χ1v) is 5.61. The summed E-state index contributed by atoms with van der Waals surface area (Å²) in [4.78, 5) is 34.5. The van der Waals surface area contributed by atoms with E-state index in [2.05, 4.69) is 5.32 Å². The molecule has 3 atom stereocenters. The number of hydrogen-bond donors (Lipinski definition) is 3. The van der Waals surface area contributed by atoms with Crippen molar-refractivity contribution in [2.24, 2.45) is 5.41 Å². The fraction of sp³-hybridized carbons (Fsp3) is 0.727. The molecule has 1 aliphatic heterocycles. The van der Waals surface area contributed by atoms with Crippen LogP contribution in [-0.4, -0.2) is 40.0 Å². The van der Waals surface area contributed by atoms with Crippen molar-refractivity contribution >= 4 is 17.7 Å². The summed E-state index contributed by atoms with van der Waals surface area (Å²) in [6.07, 6.45) is -0.796. The Hall–Kier alpha value is -1.43. The maximum atomic E-state index is 12.2. The Balaban J connectivity index is 3.02. The van der Waals surface area contributed by atoms with Crippen molar-refractivity contribution in [1.29, 1.82) is 0 Å². The number of carboxylic acid groups (broad SMARTS) is 1. The van der Waals surface area contributed by atoms with E-state index in [1.807, 2.05) is 0 Å². The normalized spacial score (nSPS) is 24.9. The fourth-order valence-corrected chi connectivity index (χ4v) is 2.23. The first-order chi connectivity index (χ1) is 7.86. The molecule has 0 radical (unpaired) electrons. The second kappa shape index (κ2) is 4.83. The summed E-state index contributed by atoms with van der Waals surface area (Å²) in [5, 5.41) is 21.3. The van der Waals surface area contributed by atoms with Crippen LogP contribution in [0, 0.1) is 5.41 Å². The highest BCUT2D eigenvalue weighted by atomic mass is 16.4. The third kappa shape index (κ3) is 2.17. The molecule has 0 aromatic rings. The van der Waals surface area contributed by atoms with Gasteiger partial charge in [-0.1, -0.05) is 6.92 Å². The summed E-state index contributed by atoms with van der Waals surface area (Å²) in [6, 6.07) is -0.798. The van der Waals surface area contributed by atoms with Gasteiger partial charge in [0.1, 0.15) is 0 Å². The Morgan fingerprint density at radius 1 is 1.59 bits per heavy atom. The zero-order valence-corrected chi connectivity index (χ0v) is 9.90. The van der Waals surface area contributed by atoms with Crippen LogP contribution in [0.15, 0.2) is 0 Å². The minimum atomic E-state index is -1.83. The molecule has 0 aromatic heterocycles. The number of aliphatic carboxylic acids is 1. The van der Waals surface area contributed by atoms with Crippen LogP contribution < -0.4 is 5.32 Å². The molecule has 1 rings (SSSR count). The average molecular weight is 243 g/mol. The van der Waals surface area contributed by atoms with Crippen LogP contribution in [0.25, 0.3) is 0 Å². The van der Waals surface area contributed by atoms with Gasteiger partial charge in [0.2, 0.25) is 5.91 Å². The molecule has 1 saturated heterocycles. The van der Waals surface area contributed by atoms with Gasteiger partial charge in [-0.05, 0) is 19.8 Å². The minimum Gasteiger partial charge on any atom is -0.480 e. The molecule has 17 heavy (non-hydrogen) atoms. The fourth-order valence-electron chi connectivity index (χ4n) is 2.23. The molecule has 1 amide bonds. The summed E-state index contributed by atoms with van der Waals surface area (Å²) in [6.45, 7) is 2.82. The number of rotatable bonds is 5. The smallest absolute Gasteiger partial charge is 0.319 e. The van der Waals surface area contributed by atoms with E-state index in [1.165, 1.54) is 13.8 Å². The van der Waals surface area contributed by atoms with Gasteiger partial charge >= 0.3 is 5.97 Å². The van der Waals surface area contributed by atoms with E-state index < -0.39 is 29.3 Å². The second-order valence-electron chi connectivity index (χ2n) is 4.33. The number of nitrogens with one attached hydrogen (secondary N) is 1. The number of aliphatic hydroxyl groups is 1. The first kappa shape index (κ1) is 13.6. The number of carboxylic acids is 1. The van der Waals surface area contributed by atoms with E-state index in [9.17, 15) is 24.6 Å². The molecule has 0 bridgehead atoms. The monoisotopic (exact) mass is 243 g/mol. The number of aliphatic hydroxyl groups excluding tert-OH is 1. The standard InChI is InChI=1S/C11H17NO5/c1-3-11(6(2)13,10(16)17)9(15)7-4-5-8(14)12-7/h6-7,13H,3-5H2,1-2H3,(H,12,14)(H,16,17). The van der Waals surface area contributed by atoms with Gasteiger partial charge in [0.15, 0.2) is 11.2 Å². The molecule has 6 heteroatoms. The predicted octanol–water partition coefficient (Wildman–Crippen LogP) is -0.304. The highest BCUT2D eigenvalue weighted by Gasteiger charge is 2.52. The van der Waals surface area contributed by atoms with Crippen molar-refractivity contribution in [3.63, 3.8) is 0 Å². The van der Waals surface area contributed by atoms with Gasteiger partial charge in [0, 0.05) is 6.42 Å². The van der Waals surface area contributed by atoms with Crippen LogP contribution in [0.5, 0.6) is 0 Å². The molecule has 3 N–H and O–H groups in total. The third-order valence-electron chi connectivity index (χ3n) is 3.40. The molecule has 3 unspecified atom stereocenters. The highest BCUT2D eigenvalue weighted by Crippen LogP contribution is 2.31. The number of carbonyl (C=O) groups excluding carboxylic acids is 2. The van der Waals surface area contributed by atoms with E-state index in [0.717, 1.165) is 0 Å². The Morgan fingerprint density at radius 2 is 2.18 bits per heavy atom. The minimum absolute atomic E-state index is 0.00873. The van der Waals surface area contributed by atoms with E-state index in [-0.39, 0.29) is 18.7 Å². The van der Waals surface area contributed by atoms with Crippen molar-refractivity contribution < 1.29 is 24.6 Å². The molecular formula is C11H17NO5. The third-order valence-corrected chi connectivity index (χ3v) is 3.40. The number of amides is 1. The topological polar surface area (TPSA) is 104 Å². The number of Topliss-reactive ketones (excluding diaryl/α,β-unsaturated/α-hetero) is 1. The van der Waals surface area contributed by atoms with E-state index in [1.54, 1.807) is 0 Å². The molecule has 0 aromatic carbocycles. The van der Waals surface area contributed by atoms with Gasteiger partial charge in [-0.25, -0.2) is 0 Å². The van der Waals surface area contributed by atoms with Crippen LogP contribution in [0.1, 0.15) is 33.1 Å². The van der Waals surface area contributed by atoms with E-state index in [4.69, 9.17) is 0 Å². The second-order valence-corrected chi connectivity index (χ2v) is 4.33. The van der Waals surface area contributed by atoms with Gasteiger partial charge in [-0.2, -0.15) is 0 Å². The Kier molecular flexibility index (Phi) is 3.87. The zero-order chi connectivity index (χ0) is 13.2. The molecular weight excluding hydrogens is 226 g/mol. The Labute approximate surface area is 99.0 Å². The van der Waals surface area contributed by atoms with E-state index >= 15 is 0 Å². The van der Waals surface area contributed by atoms with Crippen molar-refractivity contribution in [2.45, 2.75) is 45.3 Å². The Morgan fingerprint density at radius 3 is 2.47 bits per heavy atom. The first-order valence-electron chi connectivity index (χ1n) is 5.61. The molecule has 0 spiro atoms. The quantitative estimate of drug-likeness (QED) is 0.575. The molecule has 96 valence electrons. The van der Waals surface area contributed by atoms with Crippen molar-refractivity contribution in [1.82, 2.24) is 5.32 Å². The van der Waals surface area contributed by atoms with Crippen molar-refractivity contribution in [3.8, 4) is 0 Å². The Bertz CT molecular complexity index is 352. The van der Waals surface area contributed by atoms with Crippen LogP contribution >= 0.6 is 0 Å². The largest absolute Gasteiger partial charge is 0.480 e. The molecule has 0 saturated carbocycles. The summed E-state index contributed by atoms with van der Waals surface area (Å²) in [5.41, 5.74) is -1.83. The van der Waals surface area contributed by atoms with Crippen molar-refractivity contribution in [3.05, 3.63) is 0 Å². The summed E-state index contributed by atoms with van der Waals surface area (Å²) >= 11 is 0. The molecule has 0 aliphatic carbocycles. The van der Waals surface area contributed by atoms with Gasteiger partial charge in [0.05, 0.1) is 12.1 Å². The molecule has 1 heterocycles. The lowest BCUT2D eigenvalue weighted by molar-refractivity contribution is -0.163. The van der Waals surface area contributed by atoms with Gasteiger partial charge in [0.25, 0.3) is 0 Å². The maximum absolute atomic E-state index is 12.2. The lowest BCUT2D eigenvalue weighted by Crippen LogP contribution is -2.53. The van der Waals surface area contributed by atoms with Gasteiger partial charge in [-0.15, -0.1) is 0 Å². The lowest BCUT2D eigenvalue weighted by Gasteiger charge is -2.31. The average Bonchev–Trinajstić information content (AvgIpc) is 2.65. The number of ketones is 1. The van der Waals surface area contributed by atoms with Crippen LogP contribution in [0.3, 0.4) is 0 Å². The molecule has 1 fully saturated rings. The predicted molar refractivity (Wildman–Crippen MR) is 58.2 cm³/mol. The zero-order valence-electron chi connectivity index (χ0n) is 9.90. The van der Waals surface area contributed by atoms with Crippen LogP contribution in [-0.2, 0) is 14.4 Å². The van der Waals surface area contributed by atoms with Crippen LogP contribution in [0.2, 0.25) is 0 Å². The van der Waals surface area contributed by atoms with E-state index in [0.29, 0.717) is 6.42 Å². The van der Waals surface area contributed by atoms with Crippen LogP contribution in [0.4, 0.5) is 0 Å². The summed E-state index contributed by atoms with van der Waals surface area (Å²) in [5.74, 6) is -2.22. The number of hydrogen-bond acceptors (Lipinski definition) is 4. The highest BCUT2D eigenvalue weighted by molar-refractivity contribution is 6.08. The van der Waals surface area contributed by atoms with Crippen molar-refractivity contribution in [2.75, 3.05) is 0 Å². The summed E-state index contributed by atoms with van der Waals surface area (Å²) < 4.78 is 0. The van der Waals surface area contributed by atoms with Gasteiger partial charge < -0.3 is 15.5 Å². The molecule has 1 aliphatic rings. The molecule has 6 nitrogen and oxygen atoms in total. The SMILES string of the molecule is CCC(C(=O)O)(C(=O)C1CCC(=O)N1)C(C)O. The summed E-state index contributed by atoms with van der Waals surface area (Å²) in [7, 11) is 0. The lowest BCUT2D eigenvalue weighted by atomic mass is 9.73. The van der Waals surface area contributed by atoms with Gasteiger partial charge in [-0.3, -0.25) is 14.4 Å². The maximum Gasteiger partial charge on any atom is 0.319 e.